The average Bonchev–Trinajstić information content (AvgIpc) is 3.16. The Morgan fingerprint density at radius 3 is 2.74 bits per heavy atom. The number of para-hydroxylation sites is 1. The van der Waals surface area contributed by atoms with Gasteiger partial charge in [-0.2, -0.15) is 0 Å². The van der Waals surface area contributed by atoms with Crippen molar-refractivity contribution in [2.75, 3.05) is 25.0 Å². The largest absolute Gasteiger partial charge is 0.332 e. The first kappa shape index (κ1) is 18.0. The van der Waals surface area contributed by atoms with Crippen molar-refractivity contribution in [3.8, 4) is 0 Å². The molecule has 2 aliphatic rings. The summed E-state index contributed by atoms with van der Waals surface area (Å²) in [5.74, 6) is -0.0428. The van der Waals surface area contributed by atoms with E-state index in [-0.39, 0.29) is 30.3 Å². The van der Waals surface area contributed by atoms with Crippen molar-refractivity contribution in [1.29, 1.82) is 0 Å². The van der Waals surface area contributed by atoms with E-state index in [1.165, 1.54) is 0 Å². The van der Waals surface area contributed by atoms with E-state index in [0.717, 1.165) is 25.1 Å². The molecule has 1 aromatic carbocycles. The van der Waals surface area contributed by atoms with Gasteiger partial charge in [-0.05, 0) is 37.9 Å². The molecule has 5 nitrogen and oxygen atoms in total. The molecule has 23 heavy (non-hydrogen) atoms. The van der Waals surface area contributed by atoms with Gasteiger partial charge in [-0.15, -0.1) is 12.4 Å². The van der Waals surface area contributed by atoms with Crippen LogP contribution in [0.5, 0.6) is 0 Å². The molecule has 126 valence electrons. The standard InChI is InChI=1S/C16H20ClN3O2.ClH/c1-19(15(21)12-6-4-9-18-12)14-8-10-20(16(14)22)13-7-3-2-5-11(13)17;/h2-3,5,7,12,14,18H,4,6,8-10H2,1H3;1H. The molecule has 7 heteroatoms. The quantitative estimate of drug-likeness (QED) is 0.900. The van der Waals surface area contributed by atoms with Gasteiger partial charge in [-0.25, -0.2) is 0 Å². The molecule has 0 aromatic heterocycles. The van der Waals surface area contributed by atoms with Crippen LogP contribution in [0.15, 0.2) is 24.3 Å². The van der Waals surface area contributed by atoms with Gasteiger partial charge in [-0.1, -0.05) is 23.7 Å². The zero-order valence-corrected chi connectivity index (χ0v) is 14.6. The topological polar surface area (TPSA) is 52.7 Å². The molecule has 0 saturated carbocycles. The molecule has 2 heterocycles. The van der Waals surface area contributed by atoms with Crippen molar-refractivity contribution in [3.63, 3.8) is 0 Å². The number of hydrogen-bond donors (Lipinski definition) is 1. The number of nitrogens with zero attached hydrogens (tertiary/aromatic N) is 2. The first-order valence-electron chi connectivity index (χ1n) is 7.65. The van der Waals surface area contributed by atoms with Crippen LogP contribution in [-0.4, -0.2) is 48.9 Å². The molecule has 2 amide bonds. The van der Waals surface area contributed by atoms with Crippen LogP contribution in [0.2, 0.25) is 5.02 Å². The lowest BCUT2D eigenvalue weighted by Gasteiger charge is -2.26. The van der Waals surface area contributed by atoms with Gasteiger partial charge in [0.15, 0.2) is 0 Å². The third kappa shape index (κ3) is 3.47. The normalized spacial score (nSPS) is 23.7. The molecular formula is C16H21Cl2N3O2. The highest BCUT2D eigenvalue weighted by Crippen LogP contribution is 2.30. The van der Waals surface area contributed by atoms with Gasteiger partial charge < -0.3 is 15.1 Å². The fourth-order valence-electron chi connectivity index (χ4n) is 3.23. The Balaban J connectivity index is 0.00000192. The van der Waals surface area contributed by atoms with Crippen LogP contribution in [-0.2, 0) is 9.59 Å². The second-order valence-corrected chi connectivity index (χ2v) is 6.25. The van der Waals surface area contributed by atoms with Gasteiger partial charge in [0.2, 0.25) is 11.8 Å². The smallest absolute Gasteiger partial charge is 0.249 e. The van der Waals surface area contributed by atoms with Crippen LogP contribution in [0.4, 0.5) is 5.69 Å². The van der Waals surface area contributed by atoms with Crippen molar-refractivity contribution in [1.82, 2.24) is 10.2 Å². The summed E-state index contributed by atoms with van der Waals surface area (Å²) in [4.78, 5) is 28.4. The summed E-state index contributed by atoms with van der Waals surface area (Å²) >= 11 is 6.18. The Hall–Kier alpha value is -1.30. The Bertz CT molecular complexity index is 590. The molecule has 0 spiro atoms. The number of halogens is 2. The van der Waals surface area contributed by atoms with Crippen LogP contribution < -0.4 is 10.2 Å². The SMILES string of the molecule is CN(C(=O)C1CCCN1)C1CCN(c2ccccc2Cl)C1=O.Cl. The molecule has 0 aliphatic carbocycles. The van der Waals surface area contributed by atoms with Crippen molar-refractivity contribution < 1.29 is 9.59 Å². The van der Waals surface area contributed by atoms with Crippen molar-refractivity contribution in [2.24, 2.45) is 0 Å². The Morgan fingerprint density at radius 1 is 1.35 bits per heavy atom. The molecule has 2 atom stereocenters. The second-order valence-electron chi connectivity index (χ2n) is 5.84. The van der Waals surface area contributed by atoms with Crippen molar-refractivity contribution in [3.05, 3.63) is 29.3 Å². The highest BCUT2D eigenvalue weighted by molar-refractivity contribution is 6.34. The number of nitrogens with one attached hydrogen (secondary N) is 1. The number of likely N-dealkylation sites (N-methyl/N-ethyl adjacent to an activating group) is 1. The first-order valence-corrected chi connectivity index (χ1v) is 8.03. The summed E-state index contributed by atoms with van der Waals surface area (Å²) < 4.78 is 0. The van der Waals surface area contributed by atoms with Crippen LogP contribution in [0, 0.1) is 0 Å². The first-order chi connectivity index (χ1) is 10.6. The third-order valence-electron chi connectivity index (χ3n) is 4.49. The summed E-state index contributed by atoms with van der Waals surface area (Å²) in [6, 6.07) is 6.76. The molecule has 2 aliphatic heterocycles. The van der Waals surface area contributed by atoms with E-state index in [2.05, 4.69) is 5.32 Å². The number of rotatable bonds is 3. The monoisotopic (exact) mass is 357 g/mol. The van der Waals surface area contributed by atoms with Crippen molar-refractivity contribution >= 4 is 41.5 Å². The van der Waals surface area contributed by atoms with E-state index in [4.69, 9.17) is 11.6 Å². The Morgan fingerprint density at radius 2 is 2.09 bits per heavy atom. The lowest BCUT2D eigenvalue weighted by atomic mass is 10.1. The Kier molecular flexibility index (Phi) is 5.89. The lowest BCUT2D eigenvalue weighted by molar-refractivity contribution is -0.138. The minimum atomic E-state index is -0.397. The molecular weight excluding hydrogens is 337 g/mol. The summed E-state index contributed by atoms with van der Waals surface area (Å²) in [6.07, 6.45) is 2.49. The van der Waals surface area contributed by atoms with Gasteiger partial charge in [0.05, 0.1) is 16.8 Å². The highest BCUT2D eigenvalue weighted by atomic mass is 35.5. The van der Waals surface area contributed by atoms with Gasteiger partial charge in [0.1, 0.15) is 6.04 Å². The van der Waals surface area contributed by atoms with Gasteiger partial charge in [-0.3, -0.25) is 9.59 Å². The van der Waals surface area contributed by atoms with Crippen LogP contribution >= 0.6 is 24.0 Å². The van der Waals surface area contributed by atoms with Gasteiger partial charge in [0, 0.05) is 13.6 Å². The minimum absolute atomic E-state index is 0. The predicted octanol–water partition coefficient (Wildman–Crippen LogP) is 2.08. The lowest BCUT2D eigenvalue weighted by Crippen LogP contribution is -2.49. The van der Waals surface area contributed by atoms with E-state index < -0.39 is 6.04 Å². The number of carbonyl (C=O) groups is 2. The van der Waals surface area contributed by atoms with Gasteiger partial charge in [0.25, 0.3) is 0 Å². The van der Waals surface area contributed by atoms with E-state index in [0.29, 0.717) is 18.0 Å². The van der Waals surface area contributed by atoms with Crippen LogP contribution in [0.3, 0.4) is 0 Å². The number of carbonyl (C=O) groups excluding carboxylic acids is 2. The van der Waals surface area contributed by atoms with Crippen LogP contribution in [0.25, 0.3) is 0 Å². The fraction of sp³-hybridized carbons (Fsp3) is 0.500. The summed E-state index contributed by atoms with van der Waals surface area (Å²) in [7, 11) is 1.72. The predicted molar refractivity (Wildman–Crippen MR) is 93.3 cm³/mol. The average molecular weight is 358 g/mol. The fourth-order valence-corrected chi connectivity index (χ4v) is 3.47. The number of anilines is 1. The van der Waals surface area contributed by atoms with Crippen molar-refractivity contribution in [2.45, 2.75) is 31.3 Å². The third-order valence-corrected chi connectivity index (χ3v) is 4.81. The molecule has 0 radical (unpaired) electrons. The van der Waals surface area contributed by atoms with Gasteiger partial charge >= 0.3 is 0 Å². The molecule has 1 aromatic rings. The van der Waals surface area contributed by atoms with E-state index >= 15 is 0 Å². The van der Waals surface area contributed by atoms with E-state index in [9.17, 15) is 9.59 Å². The maximum absolute atomic E-state index is 12.7. The maximum atomic E-state index is 12.7. The second kappa shape index (κ2) is 7.51. The number of benzene rings is 1. The molecule has 2 fully saturated rings. The molecule has 3 rings (SSSR count). The summed E-state index contributed by atoms with van der Waals surface area (Å²) in [6.45, 7) is 1.46. The number of amides is 2. The Labute approximate surface area is 147 Å². The van der Waals surface area contributed by atoms with E-state index in [1.54, 1.807) is 22.9 Å². The minimum Gasteiger partial charge on any atom is -0.332 e. The zero-order valence-electron chi connectivity index (χ0n) is 13.0. The number of hydrogen-bond acceptors (Lipinski definition) is 3. The summed E-state index contributed by atoms with van der Waals surface area (Å²) in [5, 5.41) is 3.75. The highest BCUT2D eigenvalue weighted by Gasteiger charge is 2.39. The maximum Gasteiger partial charge on any atom is 0.249 e. The zero-order chi connectivity index (χ0) is 15.7. The van der Waals surface area contributed by atoms with Crippen LogP contribution in [0.1, 0.15) is 19.3 Å². The van der Waals surface area contributed by atoms with E-state index in [1.807, 2.05) is 18.2 Å². The molecule has 0 bridgehead atoms. The molecule has 2 saturated heterocycles. The molecule has 2 unspecified atom stereocenters. The molecule has 1 N–H and O–H groups in total. The summed E-state index contributed by atoms with van der Waals surface area (Å²) in [5.41, 5.74) is 0.719.